The second-order valence-corrected chi connectivity index (χ2v) is 11.4. The van der Waals surface area contributed by atoms with E-state index in [1.54, 1.807) is 0 Å². The molecule has 0 spiro atoms. The van der Waals surface area contributed by atoms with Gasteiger partial charge in [-0.1, -0.05) is 49.8 Å². The van der Waals surface area contributed by atoms with E-state index in [0.29, 0.717) is 30.6 Å². The van der Waals surface area contributed by atoms with Crippen molar-refractivity contribution >= 4 is 11.8 Å². The average Bonchev–Trinajstić information content (AvgIpc) is 3.05. The van der Waals surface area contributed by atoms with Crippen LogP contribution in [0.25, 0.3) is 0 Å². The van der Waals surface area contributed by atoms with Crippen molar-refractivity contribution in [2.75, 3.05) is 0 Å². The molecule has 0 bridgehead atoms. The Hall–Kier alpha value is -1.94. The Morgan fingerprint density at radius 1 is 1.03 bits per heavy atom. The van der Waals surface area contributed by atoms with Crippen molar-refractivity contribution in [3.05, 3.63) is 47.5 Å². The molecule has 3 saturated carbocycles. The Morgan fingerprint density at radius 3 is 2.47 bits per heavy atom. The Kier molecular flexibility index (Phi) is 5.16. The van der Waals surface area contributed by atoms with Crippen LogP contribution in [0.4, 0.5) is 0 Å². The summed E-state index contributed by atoms with van der Waals surface area (Å²) in [4.78, 5) is 23.9. The maximum absolute atomic E-state index is 12.3. The van der Waals surface area contributed by atoms with Crippen molar-refractivity contribution in [3.63, 3.8) is 0 Å². The van der Waals surface area contributed by atoms with E-state index >= 15 is 0 Å². The summed E-state index contributed by atoms with van der Waals surface area (Å²) in [7, 11) is 0. The maximum Gasteiger partial charge on any atom is 0.304 e. The summed E-state index contributed by atoms with van der Waals surface area (Å²) in [5, 5.41) is 22.0. The smallest absolute Gasteiger partial charge is 0.304 e. The number of allylic oxidation sites excluding steroid dienone is 1. The molecule has 172 valence electrons. The molecule has 4 aliphatic rings. The van der Waals surface area contributed by atoms with Crippen molar-refractivity contribution in [2.24, 2.45) is 28.6 Å². The fraction of sp³-hybridized carbons (Fsp3) is 0.643. The molecule has 4 heteroatoms. The van der Waals surface area contributed by atoms with Crippen molar-refractivity contribution in [1.29, 1.82) is 0 Å². The van der Waals surface area contributed by atoms with Crippen LogP contribution in [0.3, 0.4) is 0 Å². The van der Waals surface area contributed by atoms with Gasteiger partial charge in [-0.25, -0.2) is 0 Å². The normalized spacial score (nSPS) is 41.8. The van der Waals surface area contributed by atoms with Gasteiger partial charge in [0.1, 0.15) is 0 Å². The fourth-order valence-corrected chi connectivity index (χ4v) is 8.61. The van der Waals surface area contributed by atoms with E-state index in [2.05, 4.69) is 13.8 Å². The minimum atomic E-state index is -1.01. The molecule has 2 N–H and O–H groups in total. The number of aliphatic hydroxyl groups is 1. The summed E-state index contributed by atoms with van der Waals surface area (Å²) in [5.74, 6) is 0.549. The van der Waals surface area contributed by atoms with E-state index in [9.17, 15) is 19.8 Å². The maximum atomic E-state index is 12.3. The highest BCUT2D eigenvalue weighted by molar-refractivity contribution is 5.91. The zero-order valence-corrected chi connectivity index (χ0v) is 19.3. The van der Waals surface area contributed by atoms with Gasteiger partial charge in [0, 0.05) is 17.8 Å². The number of hydrogen-bond acceptors (Lipinski definition) is 3. The zero-order chi connectivity index (χ0) is 22.7. The molecule has 0 heterocycles. The lowest BCUT2D eigenvalue weighted by Crippen LogP contribution is -2.56. The molecule has 7 atom stereocenters. The summed E-state index contributed by atoms with van der Waals surface area (Å²) in [6.07, 6.45) is 9.21. The first-order chi connectivity index (χ1) is 15.2. The van der Waals surface area contributed by atoms with E-state index < -0.39 is 17.5 Å². The summed E-state index contributed by atoms with van der Waals surface area (Å²) in [6.45, 7) is 4.62. The molecule has 1 aromatic carbocycles. The summed E-state index contributed by atoms with van der Waals surface area (Å²) in [6, 6.07) is 9.79. The predicted octanol–water partition coefficient (Wildman–Crippen LogP) is 5.51. The number of aliphatic carboxylic acids is 1. The van der Waals surface area contributed by atoms with Gasteiger partial charge in [-0.05, 0) is 79.8 Å². The zero-order valence-electron chi connectivity index (χ0n) is 19.3. The number of carbonyl (C=O) groups excluding carboxylic acids is 1. The van der Waals surface area contributed by atoms with Crippen molar-refractivity contribution in [2.45, 2.75) is 83.2 Å². The van der Waals surface area contributed by atoms with Crippen LogP contribution in [0.5, 0.6) is 0 Å². The highest BCUT2D eigenvalue weighted by atomic mass is 16.4. The van der Waals surface area contributed by atoms with Crippen LogP contribution in [-0.2, 0) is 9.59 Å². The molecule has 0 amide bonds. The quantitative estimate of drug-likeness (QED) is 0.653. The Balaban J connectivity index is 1.50. The van der Waals surface area contributed by atoms with Crippen LogP contribution in [0.1, 0.15) is 83.1 Å². The largest absolute Gasteiger partial charge is 0.481 e. The van der Waals surface area contributed by atoms with Gasteiger partial charge in [-0.15, -0.1) is 0 Å². The van der Waals surface area contributed by atoms with Crippen LogP contribution in [-0.4, -0.2) is 27.6 Å². The van der Waals surface area contributed by atoms with Crippen LogP contribution >= 0.6 is 0 Å². The Morgan fingerprint density at radius 2 is 1.75 bits per heavy atom. The molecule has 0 aliphatic heterocycles. The predicted molar refractivity (Wildman–Crippen MR) is 123 cm³/mol. The number of carbonyl (C=O) groups is 2. The lowest BCUT2D eigenvalue weighted by molar-refractivity contribution is -0.153. The van der Waals surface area contributed by atoms with Gasteiger partial charge in [-0.3, -0.25) is 9.59 Å². The fourth-order valence-electron chi connectivity index (χ4n) is 8.61. The van der Waals surface area contributed by atoms with Crippen LogP contribution < -0.4 is 0 Å². The number of rotatable bonds is 4. The van der Waals surface area contributed by atoms with Gasteiger partial charge in [-0.2, -0.15) is 0 Å². The third kappa shape index (κ3) is 3.05. The molecule has 0 aromatic heterocycles. The van der Waals surface area contributed by atoms with Crippen LogP contribution in [0.2, 0.25) is 0 Å². The minimum absolute atomic E-state index is 0.0381. The second kappa shape index (κ2) is 7.55. The van der Waals surface area contributed by atoms with E-state index in [1.807, 2.05) is 36.4 Å². The van der Waals surface area contributed by atoms with Gasteiger partial charge in [0.25, 0.3) is 0 Å². The second-order valence-electron chi connectivity index (χ2n) is 11.4. The number of carboxylic acids is 1. The molecule has 0 radical (unpaired) electrons. The van der Waals surface area contributed by atoms with E-state index in [4.69, 9.17) is 0 Å². The minimum Gasteiger partial charge on any atom is -0.481 e. The molecule has 0 saturated heterocycles. The number of ketones is 1. The van der Waals surface area contributed by atoms with Crippen molar-refractivity contribution in [1.82, 2.24) is 0 Å². The molecule has 3 fully saturated rings. The first-order valence-electron chi connectivity index (χ1n) is 12.4. The highest BCUT2D eigenvalue weighted by Crippen LogP contribution is 2.69. The lowest BCUT2D eigenvalue weighted by atomic mass is 9.45. The standard InChI is InChI=1S/C28H36O4/c1-26-13-10-20(29)16-19(26)8-9-21-22(26)11-14-27(2)23(21)12-15-28(27,32)24(17-25(30)31)18-6-4-3-5-7-18/h3-7,16,21-24,32H,8-15,17H2,1-2H3,(H,30,31)/t21-,22+,23+,24?,26+,27+,28+/m1/s1. The first-order valence-corrected chi connectivity index (χ1v) is 12.4. The molecular weight excluding hydrogens is 400 g/mol. The van der Waals surface area contributed by atoms with E-state index in [1.165, 1.54) is 5.57 Å². The number of benzene rings is 1. The molecule has 5 rings (SSSR count). The summed E-state index contributed by atoms with van der Waals surface area (Å²) in [5.41, 5.74) is 1.11. The van der Waals surface area contributed by atoms with Gasteiger partial charge >= 0.3 is 5.97 Å². The molecule has 1 aromatic rings. The van der Waals surface area contributed by atoms with Crippen molar-refractivity contribution in [3.8, 4) is 0 Å². The van der Waals surface area contributed by atoms with Crippen LogP contribution in [0, 0.1) is 28.6 Å². The van der Waals surface area contributed by atoms with Crippen LogP contribution in [0.15, 0.2) is 42.0 Å². The van der Waals surface area contributed by atoms with Gasteiger partial charge < -0.3 is 10.2 Å². The number of fused-ring (bicyclic) bond motifs is 5. The van der Waals surface area contributed by atoms with Gasteiger partial charge in [0.05, 0.1) is 12.0 Å². The monoisotopic (exact) mass is 436 g/mol. The topological polar surface area (TPSA) is 74.6 Å². The Bertz CT molecular complexity index is 951. The molecular formula is C28H36O4. The number of carboxylic acid groups (broad SMARTS) is 1. The molecule has 1 unspecified atom stereocenters. The van der Waals surface area contributed by atoms with E-state index in [0.717, 1.165) is 44.1 Å². The van der Waals surface area contributed by atoms with E-state index in [-0.39, 0.29) is 23.0 Å². The third-order valence-corrected chi connectivity index (χ3v) is 10.3. The molecule has 4 aliphatic carbocycles. The van der Waals surface area contributed by atoms with Gasteiger partial charge in [0.15, 0.2) is 5.78 Å². The summed E-state index contributed by atoms with van der Waals surface area (Å²) < 4.78 is 0. The molecule has 4 nitrogen and oxygen atoms in total. The Labute approximate surface area is 191 Å². The number of hydrogen-bond donors (Lipinski definition) is 2. The SMILES string of the molecule is C[C@]12CCC(=O)C=C1CC[C@@H]1[C@@H]2CC[C@@]2(C)[C@H]1CC[C@]2(O)C(CC(=O)O)c1ccccc1. The average molecular weight is 437 g/mol. The lowest BCUT2D eigenvalue weighted by Gasteiger charge is -2.60. The third-order valence-electron chi connectivity index (χ3n) is 10.3. The summed E-state index contributed by atoms with van der Waals surface area (Å²) >= 11 is 0. The van der Waals surface area contributed by atoms with Crippen molar-refractivity contribution < 1.29 is 19.8 Å². The molecule has 32 heavy (non-hydrogen) atoms. The first kappa shape index (κ1) is 21.9. The highest BCUT2D eigenvalue weighted by Gasteiger charge is 2.66. The van der Waals surface area contributed by atoms with Gasteiger partial charge in [0.2, 0.25) is 0 Å².